The summed E-state index contributed by atoms with van der Waals surface area (Å²) in [5.74, 6) is 3.50. The SMILES string of the molecule is c1ccc(N2c3ccccc3B3c4ccccc4Oc4c3c2c2c3c4N(c4ccccc4)c4ccccc4C3c3ccccc3O2)cc1. The van der Waals surface area contributed by atoms with E-state index in [1.807, 2.05) is 0 Å². The Kier molecular flexibility index (Phi) is 5.22. The van der Waals surface area contributed by atoms with Gasteiger partial charge in [-0.15, -0.1) is 0 Å². The summed E-state index contributed by atoms with van der Waals surface area (Å²) in [5.41, 5.74) is 13.6. The summed E-state index contributed by atoms with van der Waals surface area (Å²) in [6.45, 7) is -0.0494. The second kappa shape index (κ2) is 9.66. The Morgan fingerprint density at radius 3 is 1.73 bits per heavy atom. The molecule has 0 spiro atoms. The van der Waals surface area contributed by atoms with Crippen molar-refractivity contribution >= 4 is 57.2 Å². The Morgan fingerprint density at radius 1 is 0.438 bits per heavy atom. The molecule has 0 saturated heterocycles. The van der Waals surface area contributed by atoms with E-state index in [1.54, 1.807) is 0 Å². The topological polar surface area (TPSA) is 24.9 Å². The Hall–Kier alpha value is -6.20. The first-order chi connectivity index (χ1) is 23.9. The normalized spacial score (nSPS) is 15.5. The summed E-state index contributed by atoms with van der Waals surface area (Å²) in [6, 6.07) is 56.0. The van der Waals surface area contributed by atoms with Gasteiger partial charge in [0, 0.05) is 39.6 Å². The van der Waals surface area contributed by atoms with Crippen LogP contribution >= 0.6 is 0 Å². The Morgan fingerprint density at radius 2 is 0.979 bits per heavy atom. The number of rotatable bonds is 2. The average Bonchev–Trinajstić information content (AvgIpc) is 3.16. The van der Waals surface area contributed by atoms with Crippen LogP contribution in [-0.2, 0) is 0 Å². The lowest BCUT2D eigenvalue weighted by atomic mass is 9.34. The molecule has 0 aliphatic carbocycles. The fourth-order valence-electron chi connectivity index (χ4n) is 8.50. The summed E-state index contributed by atoms with van der Waals surface area (Å²) in [5, 5.41) is 0. The Bertz CT molecular complexity index is 2270. The maximum Gasteiger partial charge on any atom is 0.256 e. The quantitative estimate of drug-likeness (QED) is 0.181. The molecule has 4 aliphatic heterocycles. The van der Waals surface area contributed by atoms with Gasteiger partial charge in [-0.05, 0) is 65.0 Å². The fourth-order valence-corrected chi connectivity index (χ4v) is 8.50. The molecule has 0 amide bonds. The van der Waals surface area contributed by atoms with Crippen molar-refractivity contribution in [1.29, 1.82) is 0 Å². The molecular formula is C43H27BN2O2. The standard InChI is InChI=1S/C43H27BN2O2/c1-3-15-27(16-4-1)45-33-23-11-7-19-29(33)37-30-20-8-13-25-35(30)47-42-38(37)40(45)43-39-41(42)46(28-17-5-2-6-18-28)34-24-12-9-21-31(34)44(39)32-22-10-14-26-36(32)48-43/h1-26,37H. The van der Waals surface area contributed by atoms with Crippen LogP contribution in [0, 0.1) is 0 Å². The number of ether oxygens (including phenoxy) is 2. The summed E-state index contributed by atoms with van der Waals surface area (Å²) in [6.07, 6.45) is 0. The molecule has 224 valence electrons. The van der Waals surface area contributed by atoms with Gasteiger partial charge in [-0.25, -0.2) is 0 Å². The summed E-state index contributed by atoms with van der Waals surface area (Å²) < 4.78 is 14.4. The zero-order valence-corrected chi connectivity index (χ0v) is 25.9. The van der Waals surface area contributed by atoms with Crippen molar-refractivity contribution in [2.24, 2.45) is 0 Å². The molecule has 0 bridgehead atoms. The molecule has 0 N–H and O–H groups in total. The van der Waals surface area contributed by atoms with Gasteiger partial charge < -0.3 is 19.3 Å². The van der Waals surface area contributed by atoms with Gasteiger partial charge in [0.1, 0.15) is 17.2 Å². The number of benzene rings is 7. The molecule has 4 nitrogen and oxygen atoms in total. The maximum atomic E-state index is 7.22. The molecule has 11 rings (SSSR count). The van der Waals surface area contributed by atoms with Crippen LogP contribution in [0.15, 0.2) is 158 Å². The molecule has 1 atom stereocenters. The third kappa shape index (κ3) is 3.35. The molecule has 48 heavy (non-hydrogen) atoms. The van der Waals surface area contributed by atoms with E-state index in [1.165, 1.54) is 11.0 Å². The predicted octanol–water partition coefficient (Wildman–Crippen LogP) is 9.16. The van der Waals surface area contributed by atoms with Crippen LogP contribution in [0.1, 0.15) is 22.6 Å². The molecular weight excluding hydrogens is 587 g/mol. The number of hydrogen-bond donors (Lipinski definition) is 0. The zero-order valence-electron chi connectivity index (χ0n) is 25.9. The first kappa shape index (κ1) is 25.9. The highest BCUT2D eigenvalue weighted by Crippen LogP contribution is 2.64. The van der Waals surface area contributed by atoms with E-state index in [2.05, 4.69) is 168 Å². The van der Waals surface area contributed by atoms with Crippen molar-refractivity contribution in [3.8, 4) is 23.0 Å². The molecule has 7 aromatic rings. The van der Waals surface area contributed by atoms with E-state index in [4.69, 9.17) is 9.47 Å². The van der Waals surface area contributed by atoms with E-state index in [0.29, 0.717) is 0 Å². The van der Waals surface area contributed by atoms with Crippen LogP contribution in [-0.4, -0.2) is 6.71 Å². The molecule has 4 aliphatic rings. The number of anilines is 6. The molecule has 7 aromatic carbocycles. The zero-order chi connectivity index (χ0) is 31.3. The Labute approximate surface area is 279 Å². The van der Waals surface area contributed by atoms with Crippen LogP contribution in [0.25, 0.3) is 0 Å². The monoisotopic (exact) mass is 614 g/mol. The smallest absolute Gasteiger partial charge is 0.256 e. The van der Waals surface area contributed by atoms with Crippen LogP contribution in [0.4, 0.5) is 34.1 Å². The first-order valence-corrected chi connectivity index (χ1v) is 16.5. The molecule has 4 heterocycles. The summed E-state index contributed by atoms with van der Waals surface area (Å²) in [7, 11) is 0. The van der Waals surface area contributed by atoms with E-state index in [9.17, 15) is 0 Å². The minimum atomic E-state index is -0.0494. The van der Waals surface area contributed by atoms with Crippen molar-refractivity contribution < 1.29 is 9.47 Å². The van der Waals surface area contributed by atoms with Crippen LogP contribution in [0.3, 0.4) is 0 Å². The van der Waals surface area contributed by atoms with Crippen molar-refractivity contribution in [3.05, 3.63) is 174 Å². The van der Waals surface area contributed by atoms with E-state index in [-0.39, 0.29) is 12.6 Å². The molecule has 0 fully saturated rings. The van der Waals surface area contributed by atoms with Gasteiger partial charge in [-0.3, -0.25) is 0 Å². The third-order valence-corrected chi connectivity index (χ3v) is 10.3. The Balaban J connectivity index is 1.35. The number of fused-ring (bicyclic) bond motifs is 10. The lowest BCUT2D eigenvalue weighted by molar-refractivity contribution is 0.447. The van der Waals surface area contributed by atoms with Crippen LogP contribution in [0.5, 0.6) is 23.0 Å². The van der Waals surface area contributed by atoms with E-state index in [0.717, 1.165) is 79.2 Å². The highest BCUT2D eigenvalue weighted by atomic mass is 16.5. The second-order valence-corrected chi connectivity index (χ2v) is 12.8. The van der Waals surface area contributed by atoms with Gasteiger partial charge >= 0.3 is 0 Å². The average molecular weight is 615 g/mol. The molecule has 1 unspecified atom stereocenters. The van der Waals surface area contributed by atoms with Crippen LogP contribution in [0.2, 0.25) is 0 Å². The van der Waals surface area contributed by atoms with Crippen molar-refractivity contribution in [1.82, 2.24) is 0 Å². The van der Waals surface area contributed by atoms with Crippen molar-refractivity contribution in [3.63, 3.8) is 0 Å². The van der Waals surface area contributed by atoms with Gasteiger partial charge in [0.2, 0.25) is 0 Å². The number of hydrogen-bond acceptors (Lipinski definition) is 4. The van der Waals surface area contributed by atoms with Gasteiger partial charge in [0.25, 0.3) is 6.71 Å². The number of para-hydroxylation sites is 6. The fraction of sp³-hybridized carbons (Fsp3) is 0.0233. The lowest BCUT2D eigenvalue weighted by Crippen LogP contribution is -2.60. The highest BCUT2D eigenvalue weighted by Gasteiger charge is 2.50. The lowest BCUT2D eigenvalue weighted by Gasteiger charge is -2.47. The molecule has 0 aromatic heterocycles. The maximum absolute atomic E-state index is 7.22. The second-order valence-electron chi connectivity index (χ2n) is 12.8. The van der Waals surface area contributed by atoms with Crippen molar-refractivity contribution in [2.45, 2.75) is 5.92 Å². The van der Waals surface area contributed by atoms with Gasteiger partial charge in [-0.2, -0.15) is 0 Å². The molecule has 0 saturated carbocycles. The predicted molar refractivity (Wildman–Crippen MR) is 194 cm³/mol. The van der Waals surface area contributed by atoms with E-state index < -0.39 is 0 Å². The largest absolute Gasteiger partial charge is 0.456 e. The van der Waals surface area contributed by atoms with E-state index >= 15 is 0 Å². The minimum Gasteiger partial charge on any atom is -0.456 e. The number of nitrogens with zero attached hydrogens (tertiary/aromatic N) is 2. The molecule has 5 heteroatoms. The van der Waals surface area contributed by atoms with Gasteiger partial charge in [0.05, 0.1) is 17.1 Å². The minimum absolute atomic E-state index is 0.0494. The first-order valence-electron chi connectivity index (χ1n) is 16.5. The molecule has 0 radical (unpaired) electrons. The summed E-state index contributed by atoms with van der Waals surface area (Å²) >= 11 is 0. The van der Waals surface area contributed by atoms with Crippen LogP contribution < -0.4 is 35.7 Å². The van der Waals surface area contributed by atoms with Gasteiger partial charge in [-0.1, -0.05) is 109 Å². The van der Waals surface area contributed by atoms with Gasteiger partial charge in [0.15, 0.2) is 5.75 Å². The third-order valence-electron chi connectivity index (χ3n) is 10.3. The summed E-state index contributed by atoms with van der Waals surface area (Å²) in [4.78, 5) is 4.80. The highest BCUT2D eigenvalue weighted by molar-refractivity contribution is 6.99. The van der Waals surface area contributed by atoms with Crippen molar-refractivity contribution in [2.75, 3.05) is 9.80 Å².